The molecule has 0 unspecified atom stereocenters. The smallest absolute Gasteiger partial charge is 0.160 e. The molecular weight excluding hydrogens is 825 g/mol. The Labute approximate surface area is 395 Å². The molecule has 0 aliphatic heterocycles. The molecule has 3 heteroatoms. The van der Waals surface area contributed by atoms with Gasteiger partial charge < -0.3 is 4.42 Å². The van der Waals surface area contributed by atoms with Crippen LogP contribution in [0.4, 0.5) is 0 Å². The van der Waals surface area contributed by atoms with Crippen molar-refractivity contribution >= 4 is 21.9 Å². The van der Waals surface area contributed by atoms with Gasteiger partial charge in [0.15, 0.2) is 5.82 Å². The summed E-state index contributed by atoms with van der Waals surface area (Å²) in [6.45, 7) is 0. The Bertz CT molecular complexity index is 3780. The van der Waals surface area contributed by atoms with E-state index in [9.17, 15) is 0 Å². The first kappa shape index (κ1) is 39.4. The summed E-state index contributed by atoms with van der Waals surface area (Å²) < 4.78 is 6.68. The Kier molecular flexibility index (Phi) is 9.40. The Hall–Kier alpha value is -8.92. The van der Waals surface area contributed by atoms with Gasteiger partial charge in [0.05, 0.1) is 16.8 Å². The van der Waals surface area contributed by atoms with Crippen molar-refractivity contribution in [2.45, 2.75) is 5.41 Å². The Morgan fingerprint density at radius 3 is 1.54 bits per heavy atom. The number of hydrogen-bond acceptors (Lipinski definition) is 3. The maximum absolute atomic E-state index is 6.68. The molecule has 68 heavy (non-hydrogen) atoms. The first-order valence-corrected chi connectivity index (χ1v) is 23.2. The summed E-state index contributed by atoms with van der Waals surface area (Å²) in [6, 6.07) is 91.2. The van der Waals surface area contributed by atoms with E-state index in [4.69, 9.17) is 14.4 Å². The molecule has 0 N–H and O–H groups in total. The summed E-state index contributed by atoms with van der Waals surface area (Å²) in [6.07, 6.45) is 0. The highest BCUT2D eigenvalue weighted by Gasteiger charge is 2.47. The molecule has 2 aromatic heterocycles. The van der Waals surface area contributed by atoms with Crippen molar-refractivity contribution in [2.24, 2.45) is 0 Å². The van der Waals surface area contributed by atoms with E-state index in [1.54, 1.807) is 0 Å². The molecule has 3 nitrogen and oxygen atoms in total. The fourth-order valence-corrected chi connectivity index (χ4v) is 10.7. The number of aromatic nitrogens is 2. The van der Waals surface area contributed by atoms with Gasteiger partial charge in [-0.2, -0.15) is 0 Å². The normalized spacial score (nSPS) is 12.5. The van der Waals surface area contributed by atoms with Crippen LogP contribution in [0.1, 0.15) is 22.3 Å². The predicted molar refractivity (Wildman–Crippen MR) is 279 cm³/mol. The van der Waals surface area contributed by atoms with Crippen molar-refractivity contribution in [2.75, 3.05) is 0 Å². The van der Waals surface area contributed by atoms with E-state index < -0.39 is 5.41 Å². The van der Waals surface area contributed by atoms with E-state index in [0.29, 0.717) is 5.82 Å². The summed E-state index contributed by atoms with van der Waals surface area (Å²) in [5.74, 6) is 0.662. The minimum absolute atomic E-state index is 0.618. The molecule has 0 amide bonds. The number of furan rings is 1. The van der Waals surface area contributed by atoms with Crippen LogP contribution in [0.3, 0.4) is 0 Å². The second-order valence-electron chi connectivity index (χ2n) is 17.6. The largest absolute Gasteiger partial charge is 0.455 e. The van der Waals surface area contributed by atoms with E-state index in [1.807, 2.05) is 18.2 Å². The van der Waals surface area contributed by atoms with Gasteiger partial charge in [0.25, 0.3) is 0 Å². The number of fused-ring (bicyclic) bond motifs is 6. The zero-order valence-corrected chi connectivity index (χ0v) is 37.1. The van der Waals surface area contributed by atoms with E-state index in [0.717, 1.165) is 72.3 Å². The van der Waals surface area contributed by atoms with Crippen molar-refractivity contribution in [3.05, 3.63) is 277 Å². The molecule has 1 aliphatic rings. The van der Waals surface area contributed by atoms with Crippen LogP contribution in [0.15, 0.2) is 259 Å². The van der Waals surface area contributed by atoms with Crippen LogP contribution in [-0.2, 0) is 5.41 Å². The van der Waals surface area contributed by atoms with E-state index in [-0.39, 0.29) is 0 Å². The first-order valence-electron chi connectivity index (χ1n) is 23.2. The predicted octanol–water partition coefficient (Wildman–Crippen LogP) is 16.7. The molecule has 10 aromatic carbocycles. The molecule has 2 heterocycles. The van der Waals surface area contributed by atoms with E-state index in [2.05, 4.69) is 237 Å². The SMILES string of the molecule is c1ccc(-c2ccc(-c3cc(-c4cc(-c5cccc6c5C(c5ccccc5)(c5ccccc5)c5ccccc5-6)nc(-c5ccccc5)n4)cc(-c4cccc5c4oc4ccccc45)c3)cc2)cc1. The quantitative estimate of drug-likeness (QED) is 0.153. The second kappa shape index (κ2) is 16.2. The van der Waals surface area contributed by atoms with Gasteiger partial charge in [-0.05, 0) is 91.5 Å². The minimum atomic E-state index is -0.618. The molecule has 0 saturated carbocycles. The molecular formula is C65H42N2O. The van der Waals surface area contributed by atoms with E-state index >= 15 is 0 Å². The summed E-state index contributed by atoms with van der Waals surface area (Å²) in [7, 11) is 0. The van der Waals surface area contributed by atoms with Crippen LogP contribution >= 0.6 is 0 Å². The van der Waals surface area contributed by atoms with Crippen molar-refractivity contribution in [3.63, 3.8) is 0 Å². The second-order valence-corrected chi connectivity index (χ2v) is 17.6. The van der Waals surface area contributed by atoms with Gasteiger partial charge in [-0.3, -0.25) is 0 Å². The van der Waals surface area contributed by atoms with Gasteiger partial charge in [0.2, 0.25) is 0 Å². The molecule has 0 bridgehead atoms. The van der Waals surface area contributed by atoms with Gasteiger partial charge in [0.1, 0.15) is 11.2 Å². The number of rotatable bonds is 8. The fraction of sp³-hybridized carbons (Fsp3) is 0.0154. The van der Waals surface area contributed by atoms with E-state index in [1.165, 1.54) is 44.5 Å². The molecule has 0 atom stereocenters. The van der Waals surface area contributed by atoms with Gasteiger partial charge in [-0.1, -0.05) is 224 Å². The van der Waals surface area contributed by atoms with Crippen molar-refractivity contribution in [1.82, 2.24) is 9.97 Å². The van der Waals surface area contributed by atoms with Crippen LogP contribution in [0, 0.1) is 0 Å². The average Bonchev–Trinajstić information content (AvgIpc) is 3.96. The van der Waals surface area contributed by atoms with Crippen molar-refractivity contribution in [1.29, 1.82) is 0 Å². The van der Waals surface area contributed by atoms with Crippen LogP contribution < -0.4 is 0 Å². The maximum Gasteiger partial charge on any atom is 0.160 e. The standard InChI is InChI=1S/C65H42N2O/c1-5-19-43(20-6-1)44-35-37-45(38-36-44)47-39-48(52-29-17-31-56-54-28-14-16-34-61(54)68-63(52)56)41-49(40-47)59-42-60(67-64(66-59)46-21-7-2-8-22-46)57-32-18-30-55-53-27-13-15-33-58(53)65(62(55)57,50-23-9-3-10-24-50)51-25-11-4-12-26-51/h1-42H. The number of para-hydroxylation sites is 2. The molecule has 318 valence electrons. The molecule has 0 radical (unpaired) electrons. The molecule has 1 aliphatic carbocycles. The lowest BCUT2D eigenvalue weighted by molar-refractivity contribution is 0.670. The van der Waals surface area contributed by atoms with Gasteiger partial charge in [0, 0.05) is 33.0 Å². The third-order valence-electron chi connectivity index (χ3n) is 13.8. The highest BCUT2D eigenvalue weighted by atomic mass is 16.3. The topological polar surface area (TPSA) is 38.9 Å². The lowest BCUT2D eigenvalue weighted by Crippen LogP contribution is -2.29. The number of benzene rings is 10. The third kappa shape index (κ3) is 6.43. The van der Waals surface area contributed by atoms with Gasteiger partial charge >= 0.3 is 0 Å². The third-order valence-corrected chi connectivity index (χ3v) is 13.8. The number of nitrogens with zero attached hydrogens (tertiary/aromatic N) is 2. The molecule has 0 spiro atoms. The first-order chi connectivity index (χ1) is 33.7. The highest BCUT2D eigenvalue weighted by Crippen LogP contribution is 2.58. The maximum atomic E-state index is 6.68. The van der Waals surface area contributed by atoms with Crippen LogP contribution in [0.25, 0.3) is 100 Å². The Morgan fingerprint density at radius 2 is 0.809 bits per heavy atom. The lowest BCUT2D eigenvalue weighted by Gasteiger charge is -2.35. The van der Waals surface area contributed by atoms with Crippen molar-refractivity contribution in [3.8, 4) is 78.4 Å². The molecule has 0 fully saturated rings. The summed E-state index contributed by atoms with van der Waals surface area (Å²) in [4.78, 5) is 11.0. The monoisotopic (exact) mass is 866 g/mol. The average molecular weight is 867 g/mol. The lowest BCUT2D eigenvalue weighted by atomic mass is 9.66. The summed E-state index contributed by atoms with van der Waals surface area (Å²) in [5, 5.41) is 2.19. The zero-order valence-electron chi connectivity index (χ0n) is 37.1. The van der Waals surface area contributed by atoms with Crippen LogP contribution in [-0.4, -0.2) is 9.97 Å². The van der Waals surface area contributed by atoms with Crippen LogP contribution in [0.2, 0.25) is 0 Å². The van der Waals surface area contributed by atoms with Gasteiger partial charge in [-0.15, -0.1) is 0 Å². The zero-order chi connectivity index (χ0) is 45.0. The molecule has 12 aromatic rings. The molecule has 0 saturated heterocycles. The van der Waals surface area contributed by atoms with Crippen LogP contribution in [0.5, 0.6) is 0 Å². The summed E-state index contributed by atoms with van der Waals surface area (Å²) >= 11 is 0. The van der Waals surface area contributed by atoms with Crippen molar-refractivity contribution < 1.29 is 4.42 Å². The summed E-state index contributed by atoms with van der Waals surface area (Å²) in [5.41, 5.74) is 19.7. The van der Waals surface area contributed by atoms with Gasteiger partial charge in [-0.25, -0.2) is 9.97 Å². The fourth-order valence-electron chi connectivity index (χ4n) is 10.7. The number of hydrogen-bond donors (Lipinski definition) is 0. The Balaban J connectivity index is 1.07. The highest BCUT2D eigenvalue weighted by molar-refractivity contribution is 6.10. The minimum Gasteiger partial charge on any atom is -0.455 e. The molecule has 13 rings (SSSR count). The Morgan fingerprint density at radius 1 is 0.309 bits per heavy atom.